The molecular formula is C24H28N2O2S. The lowest BCUT2D eigenvalue weighted by atomic mass is 10.1. The molecule has 0 saturated heterocycles. The van der Waals surface area contributed by atoms with Crippen molar-refractivity contribution in [3.63, 3.8) is 0 Å². The minimum atomic E-state index is 0.0426. The molecule has 1 aromatic heterocycles. The van der Waals surface area contributed by atoms with Crippen molar-refractivity contribution in [3.8, 4) is 5.75 Å². The molecule has 3 aromatic rings. The fraction of sp³-hybridized carbons (Fsp3) is 0.333. The number of ether oxygens (including phenoxy) is 1. The number of hydrogen-bond donors (Lipinski definition) is 0. The molecule has 0 fully saturated rings. The second-order valence-electron chi connectivity index (χ2n) is 7.40. The molecule has 0 aliphatic carbocycles. The molecule has 0 saturated carbocycles. The largest absolute Gasteiger partial charge is 0.486 e. The number of aryl methyl sites for hydroxylation is 2. The SMILES string of the molecule is CC[C@@H](C)N(Cc1csc(COc2cc(C)cc(C)c2)n1)C(=O)c1ccccc1. The van der Waals surface area contributed by atoms with Crippen molar-refractivity contribution < 1.29 is 9.53 Å². The summed E-state index contributed by atoms with van der Waals surface area (Å²) in [6.07, 6.45) is 0.894. The van der Waals surface area contributed by atoms with E-state index in [9.17, 15) is 4.79 Å². The Morgan fingerprint density at radius 3 is 2.48 bits per heavy atom. The number of carbonyl (C=O) groups is 1. The quantitative estimate of drug-likeness (QED) is 0.474. The van der Waals surface area contributed by atoms with Crippen LogP contribution in [0.3, 0.4) is 0 Å². The standard InChI is InChI=1S/C24H28N2O2S/c1-5-19(4)26(24(27)20-9-7-6-8-10-20)14-21-16-29-23(25-21)15-28-22-12-17(2)11-18(3)13-22/h6-13,16,19H,5,14-15H2,1-4H3/t19-/m1/s1. The van der Waals surface area contributed by atoms with Crippen LogP contribution in [-0.2, 0) is 13.2 Å². The monoisotopic (exact) mass is 408 g/mol. The van der Waals surface area contributed by atoms with E-state index in [-0.39, 0.29) is 11.9 Å². The summed E-state index contributed by atoms with van der Waals surface area (Å²) >= 11 is 1.57. The van der Waals surface area contributed by atoms with E-state index in [1.54, 1.807) is 11.3 Å². The molecular weight excluding hydrogens is 380 g/mol. The molecule has 29 heavy (non-hydrogen) atoms. The topological polar surface area (TPSA) is 42.4 Å². The third-order valence-electron chi connectivity index (χ3n) is 4.89. The average Bonchev–Trinajstić information content (AvgIpc) is 3.17. The lowest BCUT2D eigenvalue weighted by molar-refractivity contribution is 0.0669. The number of nitrogens with zero attached hydrogens (tertiary/aromatic N) is 2. The molecule has 4 nitrogen and oxygen atoms in total. The van der Waals surface area contributed by atoms with Gasteiger partial charge in [-0.3, -0.25) is 4.79 Å². The summed E-state index contributed by atoms with van der Waals surface area (Å²) in [6.45, 7) is 9.24. The molecule has 152 valence electrons. The Labute approximate surface area is 177 Å². The van der Waals surface area contributed by atoms with Gasteiger partial charge in [0.2, 0.25) is 0 Å². The first-order chi connectivity index (χ1) is 14.0. The molecule has 5 heteroatoms. The van der Waals surface area contributed by atoms with Gasteiger partial charge >= 0.3 is 0 Å². The van der Waals surface area contributed by atoms with Crippen LogP contribution in [0.5, 0.6) is 5.75 Å². The molecule has 0 N–H and O–H groups in total. The summed E-state index contributed by atoms with van der Waals surface area (Å²) in [4.78, 5) is 19.6. The molecule has 1 atom stereocenters. The fourth-order valence-electron chi connectivity index (χ4n) is 3.22. The molecule has 3 rings (SSSR count). The van der Waals surface area contributed by atoms with Crippen LogP contribution in [0.25, 0.3) is 0 Å². The van der Waals surface area contributed by atoms with E-state index in [0.29, 0.717) is 18.7 Å². The summed E-state index contributed by atoms with van der Waals surface area (Å²) in [5.74, 6) is 0.903. The van der Waals surface area contributed by atoms with Crippen molar-refractivity contribution >= 4 is 17.2 Å². The van der Waals surface area contributed by atoms with Crippen LogP contribution in [0.15, 0.2) is 53.9 Å². The predicted molar refractivity (Wildman–Crippen MR) is 118 cm³/mol. The first kappa shape index (κ1) is 21.1. The van der Waals surface area contributed by atoms with Crippen molar-refractivity contribution in [2.45, 2.75) is 53.3 Å². The summed E-state index contributed by atoms with van der Waals surface area (Å²) < 4.78 is 5.92. The maximum Gasteiger partial charge on any atom is 0.254 e. The first-order valence-electron chi connectivity index (χ1n) is 9.96. The van der Waals surface area contributed by atoms with Crippen LogP contribution < -0.4 is 4.74 Å². The number of rotatable bonds is 8. The van der Waals surface area contributed by atoms with Gasteiger partial charge in [0.05, 0.1) is 12.2 Å². The first-order valence-corrected chi connectivity index (χ1v) is 10.8. The van der Waals surface area contributed by atoms with Crippen LogP contribution in [0.4, 0.5) is 0 Å². The second kappa shape index (κ2) is 9.70. The van der Waals surface area contributed by atoms with Crippen molar-refractivity contribution in [3.05, 3.63) is 81.3 Å². The highest BCUT2D eigenvalue weighted by Gasteiger charge is 2.21. The Morgan fingerprint density at radius 1 is 1.14 bits per heavy atom. The van der Waals surface area contributed by atoms with E-state index in [0.717, 1.165) is 22.9 Å². The van der Waals surface area contributed by atoms with E-state index in [4.69, 9.17) is 9.72 Å². The van der Waals surface area contributed by atoms with Gasteiger partial charge < -0.3 is 9.64 Å². The smallest absolute Gasteiger partial charge is 0.254 e. The van der Waals surface area contributed by atoms with Crippen molar-refractivity contribution in [1.29, 1.82) is 0 Å². The van der Waals surface area contributed by atoms with Gasteiger partial charge in [0.15, 0.2) is 0 Å². The normalized spacial score (nSPS) is 11.9. The van der Waals surface area contributed by atoms with E-state index < -0.39 is 0 Å². The number of aromatic nitrogens is 1. The molecule has 0 unspecified atom stereocenters. The number of benzene rings is 2. The van der Waals surface area contributed by atoms with Crippen molar-refractivity contribution in [2.75, 3.05) is 0 Å². The zero-order valence-electron chi connectivity index (χ0n) is 17.5. The number of thiazole rings is 1. The molecule has 1 amide bonds. The molecule has 0 aliphatic rings. The highest BCUT2D eigenvalue weighted by molar-refractivity contribution is 7.09. The molecule has 2 aromatic carbocycles. The van der Waals surface area contributed by atoms with Crippen LogP contribution in [-0.4, -0.2) is 21.8 Å². The van der Waals surface area contributed by atoms with Gasteiger partial charge in [-0.15, -0.1) is 11.3 Å². The van der Waals surface area contributed by atoms with Crippen LogP contribution in [0.2, 0.25) is 0 Å². The van der Waals surface area contributed by atoms with Crippen molar-refractivity contribution in [1.82, 2.24) is 9.88 Å². The number of carbonyl (C=O) groups excluding carboxylic acids is 1. The lowest BCUT2D eigenvalue weighted by Crippen LogP contribution is -2.37. The van der Waals surface area contributed by atoms with E-state index in [1.165, 1.54) is 11.1 Å². The minimum absolute atomic E-state index is 0.0426. The average molecular weight is 409 g/mol. The number of amides is 1. The molecule has 1 heterocycles. The van der Waals surface area contributed by atoms with E-state index in [1.807, 2.05) is 52.7 Å². The minimum Gasteiger partial charge on any atom is -0.486 e. The summed E-state index contributed by atoms with van der Waals surface area (Å²) in [5, 5.41) is 2.93. The van der Waals surface area contributed by atoms with Crippen LogP contribution in [0.1, 0.15) is 52.5 Å². The van der Waals surface area contributed by atoms with Gasteiger partial charge in [-0.05, 0) is 62.6 Å². The van der Waals surface area contributed by atoms with Crippen molar-refractivity contribution in [2.24, 2.45) is 0 Å². The molecule has 0 bridgehead atoms. The summed E-state index contributed by atoms with van der Waals surface area (Å²) in [6, 6.07) is 15.8. The van der Waals surface area contributed by atoms with Crippen LogP contribution in [0, 0.1) is 13.8 Å². The Kier molecular flexibility index (Phi) is 7.04. The second-order valence-corrected chi connectivity index (χ2v) is 8.34. The van der Waals surface area contributed by atoms with Gasteiger partial charge in [0.25, 0.3) is 5.91 Å². The zero-order valence-corrected chi connectivity index (χ0v) is 18.3. The third-order valence-corrected chi connectivity index (χ3v) is 5.76. The summed E-state index contributed by atoms with van der Waals surface area (Å²) in [5.41, 5.74) is 3.98. The Hall–Kier alpha value is -2.66. The van der Waals surface area contributed by atoms with Crippen LogP contribution >= 0.6 is 11.3 Å². The Balaban J connectivity index is 1.68. The Bertz CT molecular complexity index is 932. The maximum absolute atomic E-state index is 13.0. The van der Waals surface area contributed by atoms with Gasteiger partial charge in [-0.2, -0.15) is 0 Å². The molecule has 0 aliphatic heterocycles. The molecule has 0 spiro atoms. The molecule has 0 radical (unpaired) electrons. The predicted octanol–water partition coefficient (Wildman–Crippen LogP) is 5.78. The van der Waals surface area contributed by atoms with Gasteiger partial charge in [-0.1, -0.05) is 31.2 Å². The lowest BCUT2D eigenvalue weighted by Gasteiger charge is -2.28. The number of hydrogen-bond acceptors (Lipinski definition) is 4. The zero-order chi connectivity index (χ0) is 20.8. The highest BCUT2D eigenvalue weighted by atomic mass is 32.1. The fourth-order valence-corrected chi connectivity index (χ4v) is 3.91. The maximum atomic E-state index is 13.0. The van der Waals surface area contributed by atoms with Gasteiger partial charge in [0, 0.05) is 17.0 Å². The Morgan fingerprint density at radius 2 is 1.83 bits per heavy atom. The highest BCUT2D eigenvalue weighted by Crippen LogP contribution is 2.21. The van der Waals surface area contributed by atoms with E-state index in [2.05, 4.69) is 33.8 Å². The van der Waals surface area contributed by atoms with Gasteiger partial charge in [-0.25, -0.2) is 4.98 Å². The van der Waals surface area contributed by atoms with Gasteiger partial charge in [0.1, 0.15) is 17.4 Å². The van der Waals surface area contributed by atoms with E-state index >= 15 is 0 Å². The summed E-state index contributed by atoms with van der Waals surface area (Å²) in [7, 11) is 0. The third kappa shape index (κ3) is 5.67.